The van der Waals surface area contributed by atoms with Gasteiger partial charge >= 0.3 is 0 Å². The molecule has 1 aromatic carbocycles. The van der Waals surface area contributed by atoms with Crippen molar-refractivity contribution < 1.29 is 13.9 Å². The molecule has 2 N–H and O–H groups in total. The fourth-order valence-electron chi connectivity index (χ4n) is 3.94. The molecule has 0 radical (unpaired) electrons. The minimum absolute atomic E-state index is 0. The maximum atomic E-state index is 13.4. The van der Waals surface area contributed by atoms with Gasteiger partial charge in [0.05, 0.1) is 25.8 Å². The summed E-state index contributed by atoms with van der Waals surface area (Å²) in [5, 5.41) is 6.67. The molecule has 0 saturated carbocycles. The molecule has 1 unspecified atom stereocenters. The summed E-state index contributed by atoms with van der Waals surface area (Å²) in [5.41, 5.74) is 1.06. The molecule has 0 spiro atoms. The number of carbonyl (C=O) groups excluding carboxylic acids is 1. The summed E-state index contributed by atoms with van der Waals surface area (Å²) in [6.07, 6.45) is 2.55. The second-order valence-electron chi connectivity index (χ2n) is 7.70. The van der Waals surface area contributed by atoms with Crippen LogP contribution in [0.2, 0.25) is 0 Å². The number of nitrogens with one attached hydrogen (secondary N) is 2. The molecule has 7 nitrogen and oxygen atoms in total. The van der Waals surface area contributed by atoms with E-state index in [0.717, 1.165) is 63.6 Å². The van der Waals surface area contributed by atoms with Gasteiger partial charge in [0.1, 0.15) is 5.82 Å². The van der Waals surface area contributed by atoms with E-state index in [2.05, 4.69) is 15.5 Å². The zero-order valence-corrected chi connectivity index (χ0v) is 20.6. The predicted octanol–water partition coefficient (Wildman–Crippen LogP) is 2.38. The Hall–Kier alpha value is -1.46. The fourth-order valence-corrected chi connectivity index (χ4v) is 3.94. The number of nitrogens with zero attached hydrogens (tertiary/aromatic N) is 3. The SMILES string of the molecule is CCNC(=NCC(c1ccc(F)cc1)N1CCOCC1)NCCCN1CCCC1=O.I. The Balaban J connectivity index is 0.00000341. The van der Waals surface area contributed by atoms with Crippen molar-refractivity contribution in [1.82, 2.24) is 20.4 Å². The summed E-state index contributed by atoms with van der Waals surface area (Å²) in [4.78, 5) is 20.8. The lowest BCUT2D eigenvalue weighted by Gasteiger charge is -2.34. The normalized spacial score (nSPS) is 18.6. The van der Waals surface area contributed by atoms with Crippen molar-refractivity contribution in [3.05, 3.63) is 35.6 Å². The molecule has 0 aliphatic carbocycles. The van der Waals surface area contributed by atoms with Gasteiger partial charge < -0.3 is 20.3 Å². The molecule has 2 heterocycles. The molecule has 1 amide bonds. The standard InChI is InChI=1S/C22H34FN5O2.HI/c1-2-24-22(25-10-4-12-28-11-3-5-21(28)29)26-17-20(27-13-15-30-16-14-27)18-6-8-19(23)9-7-18;/h6-9,20H,2-5,10-17H2,1H3,(H2,24,25,26);1H. The maximum absolute atomic E-state index is 13.4. The number of morpholine rings is 1. The van der Waals surface area contributed by atoms with Crippen LogP contribution in [0.15, 0.2) is 29.3 Å². The van der Waals surface area contributed by atoms with Crippen LogP contribution in [-0.4, -0.2) is 80.7 Å². The lowest BCUT2D eigenvalue weighted by Crippen LogP contribution is -2.42. The molecular formula is C22H35FIN5O2. The number of benzene rings is 1. The van der Waals surface area contributed by atoms with Gasteiger partial charge in [0.15, 0.2) is 5.96 Å². The maximum Gasteiger partial charge on any atom is 0.222 e. The number of aliphatic imine (C=N–C) groups is 1. The number of amides is 1. The first kappa shape index (κ1) is 25.8. The number of guanidine groups is 1. The van der Waals surface area contributed by atoms with Crippen molar-refractivity contribution in [2.75, 3.05) is 59.0 Å². The molecule has 0 aromatic heterocycles. The van der Waals surface area contributed by atoms with Crippen LogP contribution in [0, 0.1) is 5.82 Å². The van der Waals surface area contributed by atoms with Crippen molar-refractivity contribution >= 4 is 35.8 Å². The average Bonchev–Trinajstić information content (AvgIpc) is 3.18. The lowest BCUT2D eigenvalue weighted by atomic mass is 10.0. The van der Waals surface area contributed by atoms with Crippen LogP contribution in [0.1, 0.15) is 37.8 Å². The number of rotatable bonds is 9. The van der Waals surface area contributed by atoms with Gasteiger partial charge in [-0.25, -0.2) is 4.39 Å². The number of carbonyl (C=O) groups is 1. The van der Waals surface area contributed by atoms with Crippen LogP contribution in [-0.2, 0) is 9.53 Å². The van der Waals surface area contributed by atoms with E-state index in [1.54, 1.807) is 0 Å². The Kier molecular flexibility index (Phi) is 11.5. The lowest BCUT2D eigenvalue weighted by molar-refractivity contribution is -0.127. The molecule has 3 rings (SSSR count). The van der Waals surface area contributed by atoms with Crippen LogP contribution in [0.5, 0.6) is 0 Å². The Bertz CT molecular complexity index is 698. The molecule has 2 saturated heterocycles. The molecule has 2 aliphatic heterocycles. The van der Waals surface area contributed by atoms with Crippen LogP contribution in [0.3, 0.4) is 0 Å². The number of hydrogen-bond donors (Lipinski definition) is 2. The summed E-state index contributed by atoms with van der Waals surface area (Å²) in [6.45, 7) is 8.90. The second-order valence-corrected chi connectivity index (χ2v) is 7.70. The van der Waals surface area contributed by atoms with Gasteiger partial charge in [-0.1, -0.05) is 12.1 Å². The molecule has 1 aromatic rings. The fraction of sp³-hybridized carbons (Fsp3) is 0.636. The molecule has 0 bridgehead atoms. The smallest absolute Gasteiger partial charge is 0.222 e. The third-order valence-electron chi connectivity index (χ3n) is 5.58. The third-order valence-corrected chi connectivity index (χ3v) is 5.58. The first-order valence-corrected chi connectivity index (χ1v) is 11.0. The molecule has 2 aliphatic rings. The van der Waals surface area contributed by atoms with Crippen molar-refractivity contribution in [1.29, 1.82) is 0 Å². The van der Waals surface area contributed by atoms with Gasteiger partial charge in [-0.2, -0.15) is 0 Å². The quantitative estimate of drug-likeness (QED) is 0.215. The Labute approximate surface area is 201 Å². The molecule has 174 valence electrons. The van der Waals surface area contributed by atoms with Gasteiger partial charge in [0.2, 0.25) is 5.91 Å². The first-order chi connectivity index (χ1) is 14.7. The van der Waals surface area contributed by atoms with Crippen molar-refractivity contribution in [2.45, 2.75) is 32.2 Å². The van der Waals surface area contributed by atoms with Gasteiger partial charge in [-0.05, 0) is 37.5 Å². The van der Waals surface area contributed by atoms with E-state index in [9.17, 15) is 9.18 Å². The van der Waals surface area contributed by atoms with Crippen LogP contribution < -0.4 is 10.6 Å². The van der Waals surface area contributed by atoms with E-state index in [0.29, 0.717) is 26.2 Å². The van der Waals surface area contributed by atoms with E-state index in [-0.39, 0.29) is 41.7 Å². The number of hydrogen-bond acceptors (Lipinski definition) is 4. The first-order valence-electron chi connectivity index (χ1n) is 11.0. The van der Waals surface area contributed by atoms with Crippen molar-refractivity contribution in [3.8, 4) is 0 Å². The van der Waals surface area contributed by atoms with E-state index >= 15 is 0 Å². The summed E-state index contributed by atoms with van der Waals surface area (Å²) in [7, 11) is 0. The van der Waals surface area contributed by atoms with Gasteiger partial charge in [0, 0.05) is 45.7 Å². The van der Waals surface area contributed by atoms with Gasteiger partial charge in [-0.15, -0.1) is 24.0 Å². The summed E-state index contributed by atoms with van der Waals surface area (Å²) in [5.74, 6) is 0.809. The van der Waals surface area contributed by atoms with Gasteiger partial charge in [-0.3, -0.25) is 14.7 Å². The molecule has 9 heteroatoms. The largest absolute Gasteiger partial charge is 0.379 e. The van der Waals surface area contributed by atoms with Crippen molar-refractivity contribution in [3.63, 3.8) is 0 Å². The van der Waals surface area contributed by atoms with Crippen LogP contribution in [0.4, 0.5) is 4.39 Å². The number of likely N-dealkylation sites (tertiary alicyclic amines) is 1. The predicted molar refractivity (Wildman–Crippen MR) is 131 cm³/mol. The second kappa shape index (κ2) is 13.8. The van der Waals surface area contributed by atoms with E-state index in [1.165, 1.54) is 12.1 Å². The Morgan fingerprint density at radius 3 is 2.58 bits per heavy atom. The highest BCUT2D eigenvalue weighted by molar-refractivity contribution is 14.0. The van der Waals surface area contributed by atoms with E-state index < -0.39 is 0 Å². The summed E-state index contributed by atoms with van der Waals surface area (Å²) < 4.78 is 18.9. The highest BCUT2D eigenvalue weighted by Crippen LogP contribution is 2.22. The average molecular weight is 547 g/mol. The van der Waals surface area contributed by atoms with E-state index in [4.69, 9.17) is 9.73 Å². The Morgan fingerprint density at radius 1 is 1.19 bits per heavy atom. The van der Waals surface area contributed by atoms with Crippen LogP contribution >= 0.6 is 24.0 Å². The minimum atomic E-state index is -0.227. The molecule has 2 fully saturated rings. The van der Waals surface area contributed by atoms with Crippen molar-refractivity contribution in [2.24, 2.45) is 4.99 Å². The number of halogens is 2. The minimum Gasteiger partial charge on any atom is -0.379 e. The zero-order valence-electron chi connectivity index (χ0n) is 18.3. The highest BCUT2D eigenvalue weighted by Gasteiger charge is 2.23. The summed E-state index contributed by atoms with van der Waals surface area (Å²) >= 11 is 0. The van der Waals surface area contributed by atoms with Gasteiger partial charge in [0.25, 0.3) is 0 Å². The Morgan fingerprint density at radius 2 is 1.94 bits per heavy atom. The summed E-state index contributed by atoms with van der Waals surface area (Å²) in [6, 6.07) is 6.79. The van der Waals surface area contributed by atoms with Crippen LogP contribution in [0.25, 0.3) is 0 Å². The highest BCUT2D eigenvalue weighted by atomic mass is 127. The molecule has 31 heavy (non-hydrogen) atoms. The zero-order chi connectivity index (χ0) is 21.2. The number of ether oxygens (including phenoxy) is 1. The molecule has 1 atom stereocenters. The monoisotopic (exact) mass is 547 g/mol. The molecular weight excluding hydrogens is 512 g/mol. The van der Waals surface area contributed by atoms with E-state index in [1.807, 2.05) is 24.0 Å². The third kappa shape index (κ3) is 8.19. The topological polar surface area (TPSA) is 69.2 Å².